The van der Waals surface area contributed by atoms with Crippen molar-refractivity contribution >= 4 is 29.1 Å². The number of nitrogens with two attached hydrogens (primary N) is 1. The van der Waals surface area contributed by atoms with Crippen molar-refractivity contribution in [3.05, 3.63) is 17.3 Å². The summed E-state index contributed by atoms with van der Waals surface area (Å²) in [6.45, 7) is -0.264. The Morgan fingerprint density at radius 1 is 1.64 bits per heavy atom. The number of hydrogen-bond donors (Lipinski definition) is 3. The molecular weight excluding hydrogens is 224 g/mol. The van der Waals surface area contributed by atoms with Crippen LogP contribution in [-0.2, 0) is 0 Å². The predicted octanol–water partition coefficient (Wildman–Crippen LogP) is 0.763. The highest BCUT2D eigenvalue weighted by molar-refractivity contribution is 7.99. The highest BCUT2D eigenvalue weighted by atomic mass is 35.5. The second-order valence-electron chi connectivity index (χ2n) is 2.70. The minimum Gasteiger partial charge on any atom is -0.397 e. The molecule has 0 aliphatic rings. The van der Waals surface area contributed by atoms with Crippen LogP contribution in [0.15, 0.2) is 17.3 Å². The van der Waals surface area contributed by atoms with E-state index < -0.39 is 6.10 Å². The van der Waals surface area contributed by atoms with E-state index in [1.807, 2.05) is 0 Å². The molecule has 0 saturated carbocycles. The molecule has 0 saturated heterocycles. The van der Waals surface area contributed by atoms with E-state index in [0.717, 1.165) is 0 Å². The number of aromatic nitrogens is 1. The number of aliphatic hydroxyl groups excluding tert-OH is 2. The molecule has 0 fully saturated rings. The van der Waals surface area contributed by atoms with Crippen LogP contribution in [0.25, 0.3) is 0 Å². The Morgan fingerprint density at radius 3 is 2.93 bits per heavy atom. The van der Waals surface area contributed by atoms with E-state index in [4.69, 9.17) is 27.5 Å². The quantitative estimate of drug-likeness (QED) is 0.671. The Bertz CT molecular complexity index is 311. The van der Waals surface area contributed by atoms with E-state index in [-0.39, 0.29) is 6.61 Å². The van der Waals surface area contributed by atoms with Gasteiger partial charge in [0.15, 0.2) is 0 Å². The van der Waals surface area contributed by atoms with Gasteiger partial charge >= 0.3 is 0 Å². The van der Waals surface area contributed by atoms with Crippen molar-refractivity contribution in [2.45, 2.75) is 11.1 Å². The minimum absolute atomic E-state index is 0.264. The van der Waals surface area contributed by atoms with E-state index in [1.54, 1.807) is 6.07 Å². The molecule has 1 atom stereocenters. The molecule has 6 heteroatoms. The Morgan fingerprint density at radius 2 is 2.36 bits per heavy atom. The Hall–Kier alpha value is -0.490. The number of aliphatic hydroxyl groups is 2. The van der Waals surface area contributed by atoms with Crippen LogP contribution in [-0.4, -0.2) is 33.7 Å². The lowest BCUT2D eigenvalue weighted by molar-refractivity contribution is 0.113. The molecule has 1 aromatic heterocycles. The number of rotatable bonds is 4. The van der Waals surface area contributed by atoms with Gasteiger partial charge in [0.05, 0.1) is 29.6 Å². The first-order chi connectivity index (χ1) is 6.63. The lowest BCUT2D eigenvalue weighted by atomic mass is 10.4. The van der Waals surface area contributed by atoms with E-state index >= 15 is 0 Å². The maximum Gasteiger partial charge on any atom is 0.115 e. The van der Waals surface area contributed by atoms with Crippen LogP contribution >= 0.6 is 23.4 Å². The van der Waals surface area contributed by atoms with Crippen molar-refractivity contribution in [1.29, 1.82) is 0 Å². The molecule has 0 radical (unpaired) electrons. The first kappa shape index (κ1) is 11.6. The fourth-order valence-electron chi connectivity index (χ4n) is 0.774. The summed E-state index contributed by atoms with van der Waals surface area (Å²) >= 11 is 7.13. The van der Waals surface area contributed by atoms with Gasteiger partial charge in [0, 0.05) is 5.75 Å². The molecule has 0 aromatic carbocycles. The van der Waals surface area contributed by atoms with Gasteiger partial charge in [0.2, 0.25) is 0 Å². The fourth-order valence-corrected chi connectivity index (χ4v) is 1.89. The van der Waals surface area contributed by atoms with Gasteiger partial charge in [-0.05, 0) is 6.07 Å². The monoisotopic (exact) mass is 234 g/mol. The Balaban J connectivity index is 2.59. The summed E-state index contributed by atoms with van der Waals surface area (Å²) in [6, 6.07) is 1.60. The van der Waals surface area contributed by atoms with Gasteiger partial charge in [0.25, 0.3) is 0 Å². The lowest BCUT2D eigenvalue weighted by Crippen LogP contribution is -2.14. The van der Waals surface area contributed by atoms with Gasteiger partial charge in [-0.1, -0.05) is 11.6 Å². The van der Waals surface area contributed by atoms with Crippen molar-refractivity contribution in [3.63, 3.8) is 0 Å². The number of hydrogen-bond acceptors (Lipinski definition) is 5. The molecule has 1 heterocycles. The second kappa shape index (κ2) is 5.41. The van der Waals surface area contributed by atoms with Crippen LogP contribution in [0.3, 0.4) is 0 Å². The minimum atomic E-state index is -0.754. The van der Waals surface area contributed by atoms with E-state index in [9.17, 15) is 0 Å². The zero-order chi connectivity index (χ0) is 10.6. The van der Waals surface area contributed by atoms with Gasteiger partial charge in [-0.2, -0.15) is 0 Å². The third-order valence-electron chi connectivity index (χ3n) is 1.45. The standard InChI is InChI=1S/C8H11ClN2O2S/c9-7-1-5(10)2-11-8(7)14-4-6(13)3-12/h1-2,6,12-13H,3-4,10H2. The molecule has 1 rings (SSSR count). The predicted molar refractivity (Wildman–Crippen MR) is 57.5 cm³/mol. The average molecular weight is 235 g/mol. The normalized spacial score (nSPS) is 12.8. The highest BCUT2D eigenvalue weighted by Crippen LogP contribution is 2.26. The van der Waals surface area contributed by atoms with Crippen molar-refractivity contribution < 1.29 is 10.2 Å². The second-order valence-corrected chi connectivity index (χ2v) is 4.12. The van der Waals surface area contributed by atoms with Crippen LogP contribution in [0.5, 0.6) is 0 Å². The summed E-state index contributed by atoms with van der Waals surface area (Å²) in [4.78, 5) is 4.00. The van der Waals surface area contributed by atoms with Crippen molar-refractivity contribution in [2.24, 2.45) is 0 Å². The summed E-state index contributed by atoms with van der Waals surface area (Å²) in [5, 5.41) is 18.8. The van der Waals surface area contributed by atoms with E-state index in [0.29, 0.717) is 21.5 Å². The molecule has 1 aromatic rings. The van der Waals surface area contributed by atoms with Crippen LogP contribution in [0.4, 0.5) is 5.69 Å². The molecule has 14 heavy (non-hydrogen) atoms. The van der Waals surface area contributed by atoms with Crippen molar-refractivity contribution in [1.82, 2.24) is 4.98 Å². The fraction of sp³-hybridized carbons (Fsp3) is 0.375. The molecule has 78 valence electrons. The van der Waals surface area contributed by atoms with Gasteiger partial charge in [0.1, 0.15) is 5.03 Å². The van der Waals surface area contributed by atoms with Crippen LogP contribution in [0, 0.1) is 0 Å². The molecule has 0 bridgehead atoms. The van der Waals surface area contributed by atoms with Gasteiger partial charge < -0.3 is 15.9 Å². The zero-order valence-corrected chi connectivity index (χ0v) is 8.92. The molecule has 0 amide bonds. The summed E-state index contributed by atoms with van der Waals surface area (Å²) in [5.74, 6) is 0.354. The molecule has 4 N–H and O–H groups in total. The molecule has 0 aliphatic heterocycles. The SMILES string of the molecule is Nc1cnc(SCC(O)CO)c(Cl)c1. The third-order valence-corrected chi connectivity index (χ3v) is 3.00. The van der Waals surface area contributed by atoms with Crippen LogP contribution in [0.2, 0.25) is 5.02 Å². The summed E-state index contributed by atoms with van der Waals surface area (Å²) in [7, 11) is 0. The maximum atomic E-state index is 9.10. The van der Waals surface area contributed by atoms with Crippen molar-refractivity contribution in [2.75, 3.05) is 18.1 Å². The van der Waals surface area contributed by atoms with Crippen LogP contribution < -0.4 is 5.73 Å². The maximum absolute atomic E-state index is 9.10. The highest BCUT2D eigenvalue weighted by Gasteiger charge is 2.07. The zero-order valence-electron chi connectivity index (χ0n) is 7.35. The Kier molecular flexibility index (Phi) is 4.47. The summed E-state index contributed by atoms with van der Waals surface area (Å²) in [6.07, 6.45) is 0.745. The number of thioether (sulfide) groups is 1. The van der Waals surface area contributed by atoms with E-state index in [2.05, 4.69) is 4.98 Å². The first-order valence-corrected chi connectivity index (χ1v) is 5.32. The number of nitrogens with zero attached hydrogens (tertiary/aromatic N) is 1. The third kappa shape index (κ3) is 3.34. The lowest BCUT2D eigenvalue weighted by Gasteiger charge is -2.07. The average Bonchev–Trinajstić information content (AvgIpc) is 2.16. The summed E-state index contributed by atoms with van der Waals surface area (Å²) < 4.78 is 0. The summed E-state index contributed by atoms with van der Waals surface area (Å²) in [5.41, 5.74) is 5.97. The van der Waals surface area contributed by atoms with Gasteiger partial charge in [-0.15, -0.1) is 11.8 Å². The number of nitrogen functional groups attached to an aromatic ring is 1. The Labute approximate surface area is 91.1 Å². The topological polar surface area (TPSA) is 79.4 Å². The number of pyridine rings is 1. The largest absolute Gasteiger partial charge is 0.397 e. The van der Waals surface area contributed by atoms with E-state index in [1.165, 1.54) is 18.0 Å². The first-order valence-electron chi connectivity index (χ1n) is 3.96. The molecule has 0 aliphatic carbocycles. The molecule has 1 unspecified atom stereocenters. The molecule has 4 nitrogen and oxygen atoms in total. The number of halogens is 1. The number of anilines is 1. The molecular formula is C8H11ClN2O2S. The molecule has 0 spiro atoms. The van der Waals surface area contributed by atoms with Gasteiger partial charge in [-0.3, -0.25) is 0 Å². The van der Waals surface area contributed by atoms with Crippen molar-refractivity contribution in [3.8, 4) is 0 Å². The smallest absolute Gasteiger partial charge is 0.115 e. The van der Waals surface area contributed by atoms with Crippen LogP contribution in [0.1, 0.15) is 0 Å². The van der Waals surface area contributed by atoms with Gasteiger partial charge in [-0.25, -0.2) is 4.98 Å².